The van der Waals surface area contributed by atoms with Gasteiger partial charge in [0.2, 0.25) is 0 Å². The van der Waals surface area contributed by atoms with Gasteiger partial charge in [-0.15, -0.1) is 11.6 Å². The van der Waals surface area contributed by atoms with Crippen molar-refractivity contribution in [3.05, 3.63) is 11.5 Å². The highest BCUT2D eigenvalue weighted by Crippen LogP contribution is 2.40. The van der Waals surface area contributed by atoms with Gasteiger partial charge in [-0.3, -0.25) is 4.68 Å². The Balaban J connectivity index is 2.22. The van der Waals surface area contributed by atoms with E-state index >= 15 is 0 Å². The molecule has 1 aliphatic rings. The van der Waals surface area contributed by atoms with Crippen LogP contribution in [0.25, 0.3) is 11.2 Å². The third-order valence-corrected chi connectivity index (χ3v) is 4.95. The zero-order valence-electron chi connectivity index (χ0n) is 13.4. The van der Waals surface area contributed by atoms with Crippen molar-refractivity contribution in [1.29, 1.82) is 0 Å². The molecule has 0 spiro atoms. The van der Waals surface area contributed by atoms with Crippen LogP contribution in [0.5, 0.6) is 0 Å². The Labute approximate surface area is 131 Å². The summed E-state index contributed by atoms with van der Waals surface area (Å²) in [5.41, 5.74) is 3.32. The molecule has 0 aliphatic heterocycles. The number of hydrogen-bond acceptors (Lipinski definition) is 2. The highest BCUT2D eigenvalue weighted by Gasteiger charge is 2.31. The van der Waals surface area contributed by atoms with E-state index in [0.29, 0.717) is 12.0 Å². The molecule has 2 aromatic heterocycles. The van der Waals surface area contributed by atoms with E-state index in [1.54, 1.807) is 0 Å². The first-order valence-corrected chi connectivity index (χ1v) is 8.56. The van der Waals surface area contributed by atoms with Crippen molar-refractivity contribution in [3.63, 3.8) is 0 Å². The average Bonchev–Trinajstić information content (AvgIpc) is 3.07. The Bertz CT molecular complexity index is 640. The predicted molar refractivity (Wildman–Crippen MR) is 86.8 cm³/mol. The third-order valence-electron chi connectivity index (χ3n) is 4.75. The molecule has 4 nitrogen and oxygen atoms in total. The summed E-state index contributed by atoms with van der Waals surface area (Å²) >= 11 is 6.43. The topological polar surface area (TPSA) is 35.6 Å². The monoisotopic (exact) mass is 308 g/mol. The first-order valence-electron chi connectivity index (χ1n) is 8.12. The van der Waals surface area contributed by atoms with Crippen LogP contribution in [0.15, 0.2) is 0 Å². The highest BCUT2D eigenvalue weighted by atomic mass is 35.5. The first kappa shape index (κ1) is 14.9. The van der Waals surface area contributed by atoms with Crippen molar-refractivity contribution in [2.75, 3.05) is 0 Å². The number of alkyl halides is 1. The maximum absolute atomic E-state index is 6.43. The Hall–Kier alpha value is -1.03. The van der Waals surface area contributed by atoms with Gasteiger partial charge < -0.3 is 4.57 Å². The summed E-state index contributed by atoms with van der Waals surface area (Å²) in [6.45, 7) is 6.54. The van der Waals surface area contributed by atoms with Gasteiger partial charge in [0.25, 0.3) is 0 Å². The smallest absolute Gasteiger partial charge is 0.158 e. The summed E-state index contributed by atoms with van der Waals surface area (Å²) in [5, 5.41) is 4.62. The van der Waals surface area contributed by atoms with Crippen molar-refractivity contribution in [1.82, 2.24) is 19.3 Å². The molecular formula is C16H25ClN4. The van der Waals surface area contributed by atoms with Gasteiger partial charge in [-0.2, -0.15) is 5.10 Å². The van der Waals surface area contributed by atoms with Crippen LogP contribution in [0, 0.1) is 5.92 Å². The van der Waals surface area contributed by atoms with Gasteiger partial charge in [-0.25, -0.2) is 4.98 Å². The number of aryl methyl sites for hydroxylation is 2. The van der Waals surface area contributed by atoms with Crippen molar-refractivity contribution in [2.45, 2.75) is 64.3 Å². The van der Waals surface area contributed by atoms with Gasteiger partial charge in [-0.05, 0) is 32.1 Å². The van der Waals surface area contributed by atoms with Gasteiger partial charge in [0.15, 0.2) is 5.65 Å². The number of aromatic nitrogens is 4. The lowest BCUT2D eigenvalue weighted by Crippen LogP contribution is -2.17. The van der Waals surface area contributed by atoms with Crippen LogP contribution in [0.4, 0.5) is 0 Å². The Kier molecular flexibility index (Phi) is 4.00. The molecule has 1 fully saturated rings. The second-order valence-corrected chi connectivity index (χ2v) is 7.08. The zero-order valence-corrected chi connectivity index (χ0v) is 14.2. The number of rotatable bonds is 4. The number of imidazole rings is 1. The second-order valence-electron chi connectivity index (χ2n) is 6.42. The standard InChI is InChI=1S/C16H25ClN4/c1-5-7-12-14-16(20(4)19-12)21(15(18-14)11(3)17)13-9-6-8-10(13)2/h10-11,13H,5-9H2,1-4H3. The molecule has 0 N–H and O–H groups in total. The fourth-order valence-electron chi connectivity index (χ4n) is 3.74. The SMILES string of the molecule is CCCc1nn(C)c2c1nc(C(C)Cl)n2C1CCCC1C. The molecule has 3 unspecified atom stereocenters. The predicted octanol–water partition coefficient (Wildman–Crippen LogP) is 4.38. The van der Waals surface area contributed by atoms with Crippen molar-refractivity contribution >= 4 is 22.8 Å². The van der Waals surface area contributed by atoms with E-state index in [1.807, 2.05) is 18.7 Å². The molecule has 0 amide bonds. The number of halogens is 1. The molecule has 1 aliphatic carbocycles. The molecule has 0 saturated heterocycles. The molecule has 5 heteroatoms. The van der Waals surface area contributed by atoms with Crippen LogP contribution < -0.4 is 0 Å². The van der Waals surface area contributed by atoms with Crippen molar-refractivity contribution in [3.8, 4) is 0 Å². The lowest BCUT2D eigenvalue weighted by atomic mass is 10.1. The Morgan fingerprint density at radius 1 is 1.38 bits per heavy atom. The van der Waals surface area contributed by atoms with E-state index < -0.39 is 0 Å². The average molecular weight is 309 g/mol. The van der Waals surface area contributed by atoms with Crippen LogP contribution in [-0.4, -0.2) is 19.3 Å². The summed E-state index contributed by atoms with van der Waals surface area (Å²) in [4.78, 5) is 4.88. The second kappa shape index (κ2) is 5.64. The van der Waals surface area contributed by atoms with Gasteiger partial charge in [0.05, 0.1) is 11.1 Å². The summed E-state index contributed by atoms with van der Waals surface area (Å²) in [5.74, 6) is 1.69. The highest BCUT2D eigenvalue weighted by molar-refractivity contribution is 6.20. The number of fused-ring (bicyclic) bond motifs is 1. The fourth-order valence-corrected chi connectivity index (χ4v) is 3.90. The molecule has 1 saturated carbocycles. The fraction of sp³-hybridized carbons (Fsp3) is 0.750. The lowest BCUT2D eigenvalue weighted by Gasteiger charge is -2.21. The van der Waals surface area contributed by atoms with E-state index in [1.165, 1.54) is 19.3 Å². The van der Waals surface area contributed by atoms with Crippen LogP contribution in [-0.2, 0) is 13.5 Å². The molecular weight excluding hydrogens is 284 g/mol. The number of nitrogens with zero attached hydrogens (tertiary/aromatic N) is 4. The Morgan fingerprint density at radius 2 is 2.14 bits per heavy atom. The summed E-state index contributed by atoms with van der Waals surface area (Å²) < 4.78 is 4.39. The lowest BCUT2D eigenvalue weighted by molar-refractivity contribution is 0.400. The molecule has 3 atom stereocenters. The van der Waals surface area contributed by atoms with Crippen LogP contribution in [0.2, 0.25) is 0 Å². The molecule has 2 aromatic rings. The van der Waals surface area contributed by atoms with E-state index in [-0.39, 0.29) is 5.38 Å². The minimum absolute atomic E-state index is 0.0697. The van der Waals surface area contributed by atoms with Crippen LogP contribution in [0.3, 0.4) is 0 Å². The van der Waals surface area contributed by atoms with Crippen LogP contribution >= 0.6 is 11.6 Å². The van der Waals surface area contributed by atoms with Gasteiger partial charge in [-0.1, -0.05) is 26.7 Å². The van der Waals surface area contributed by atoms with Crippen LogP contribution in [0.1, 0.15) is 69.4 Å². The largest absolute Gasteiger partial charge is 0.308 e. The van der Waals surface area contributed by atoms with E-state index in [9.17, 15) is 0 Å². The first-order chi connectivity index (χ1) is 10.0. The Morgan fingerprint density at radius 3 is 2.71 bits per heavy atom. The minimum Gasteiger partial charge on any atom is -0.308 e. The van der Waals surface area contributed by atoms with E-state index in [0.717, 1.165) is 35.5 Å². The molecule has 0 aromatic carbocycles. The molecule has 0 radical (unpaired) electrons. The normalized spacial score (nSPS) is 24.0. The maximum Gasteiger partial charge on any atom is 0.158 e. The van der Waals surface area contributed by atoms with Crippen molar-refractivity contribution in [2.24, 2.45) is 13.0 Å². The summed E-state index contributed by atoms with van der Waals surface area (Å²) in [6.07, 6.45) is 5.87. The van der Waals surface area contributed by atoms with Gasteiger partial charge in [0, 0.05) is 13.1 Å². The van der Waals surface area contributed by atoms with Gasteiger partial charge in [0.1, 0.15) is 11.3 Å². The minimum atomic E-state index is -0.0697. The summed E-state index contributed by atoms with van der Waals surface area (Å²) in [7, 11) is 2.03. The van der Waals surface area contributed by atoms with Crippen molar-refractivity contribution < 1.29 is 0 Å². The maximum atomic E-state index is 6.43. The molecule has 3 rings (SSSR count). The van der Waals surface area contributed by atoms with E-state index in [4.69, 9.17) is 16.6 Å². The zero-order chi connectivity index (χ0) is 15.1. The number of hydrogen-bond donors (Lipinski definition) is 0. The molecule has 0 bridgehead atoms. The van der Waals surface area contributed by atoms with E-state index in [2.05, 4.69) is 23.5 Å². The quantitative estimate of drug-likeness (QED) is 0.786. The van der Waals surface area contributed by atoms with Gasteiger partial charge >= 0.3 is 0 Å². The molecule has 21 heavy (non-hydrogen) atoms. The third kappa shape index (κ3) is 2.37. The molecule has 116 valence electrons. The summed E-state index contributed by atoms with van der Waals surface area (Å²) in [6, 6.07) is 0.510. The molecule has 2 heterocycles.